The standard InChI is InChI=1S/C18H30N2O5S/c1-5-7-14(4)20-26(23,24)17-12-15(18(21)22)8-9-16(17)19-10-6-11-25-13(2)3/h8-9,12-14,19-20H,5-7,10-11H2,1-4H3,(H,21,22). The summed E-state index contributed by atoms with van der Waals surface area (Å²) in [6.45, 7) is 8.75. The molecule has 0 aliphatic heterocycles. The van der Waals surface area contributed by atoms with E-state index in [0.717, 1.165) is 6.42 Å². The van der Waals surface area contributed by atoms with Gasteiger partial charge in [0.25, 0.3) is 0 Å². The zero-order chi connectivity index (χ0) is 19.7. The number of rotatable bonds is 12. The van der Waals surface area contributed by atoms with Crippen LogP contribution in [0.4, 0.5) is 5.69 Å². The minimum Gasteiger partial charge on any atom is -0.478 e. The van der Waals surface area contributed by atoms with Crippen molar-refractivity contribution in [3.8, 4) is 0 Å². The van der Waals surface area contributed by atoms with Crippen molar-refractivity contribution in [1.82, 2.24) is 4.72 Å². The third-order valence-corrected chi connectivity index (χ3v) is 5.31. The van der Waals surface area contributed by atoms with Gasteiger partial charge in [0.2, 0.25) is 10.0 Å². The van der Waals surface area contributed by atoms with Crippen LogP contribution in [0.25, 0.3) is 0 Å². The minimum atomic E-state index is -3.83. The molecule has 1 atom stereocenters. The van der Waals surface area contributed by atoms with E-state index in [1.165, 1.54) is 18.2 Å². The van der Waals surface area contributed by atoms with Crippen LogP contribution in [0, 0.1) is 0 Å². The third kappa shape index (κ3) is 7.31. The average Bonchev–Trinajstić information content (AvgIpc) is 2.53. The second-order valence-electron chi connectivity index (χ2n) is 6.53. The van der Waals surface area contributed by atoms with E-state index >= 15 is 0 Å². The van der Waals surface area contributed by atoms with E-state index in [0.29, 0.717) is 31.7 Å². The molecule has 26 heavy (non-hydrogen) atoms. The Labute approximate surface area is 156 Å². The average molecular weight is 387 g/mol. The first-order valence-corrected chi connectivity index (χ1v) is 10.4. The molecule has 0 saturated heterocycles. The molecule has 0 amide bonds. The van der Waals surface area contributed by atoms with Gasteiger partial charge in [0.1, 0.15) is 4.90 Å². The fourth-order valence-electron chi connectivity index (χ4n) is 2.46. The molecule has 0 saturated carbocycles. The maximum absolute atomic E-state index is 12.7. The van der Waals surface area contributed by atoms with Crippen LogP contribution in [0.2, 0.25) is 0 Å². The molecule has 0 heterocycles. The highest BCUT2D eigenvalue weighted by atomic mass is 32.2. The quantitative estimate of drug-likeness (QED) is 0.477. The summed E-state index contributed by atoms with van der Waals surface area (Å²) in [5, 5.41) is 12.3. The summed E-state index contributed by atoms with van der Waals surface area (Å²) in [4.78, 5) is 11.2. The molecule has 1 unspecified atom stereocenters. The van der Waals surface area contributed by atoms with Crippen molar-refractivity contribution in [3.05, 3.63) is 23.8 Å². The van der Waals surface area contributed by atoms with Gasteiger partial charge < -0.3 is 15.2 Å². The van der Waals surface area contributed by atoms with Crippen LogP contribution in [0.15, 0.2) is 23.1 Å². The topological polar surface area (TPSA) is 105 Å². The molecule has 0 aromatic heterocycles. The minimum absolute atomic E-state index is 0.0508. The Morgan fingerprint density at radius 2 is 1.96 bits per heavy atom. The predicted molar refractivity (Wildman–Crippen MR) is 102 cm³/mol. The molecule has 0 fully saturated rings. The highest BCUT2D eigenvalue weighted by molar-refractivity contribution is 7.89. The highest BCUT2D eigenvalue weighted by Gasteiger charge is 2.22. The summed E-state index contributed by atoms with van der Waals surface area (Å²) >= 11 is 0. The number of aromatic carboxylic acids is 1. The van der Waals surface area contributed by atoms with Crippen molar-refractivity contribution in [2.24, 2.45) is 0 Å². The van der Waals surface area contributed by atoms with Crippen LogP contribution in [0.1, 0.15) is 57.3 Å². The van der Waals surface area contributed by atoms with Crippen molar-refractivity contribution >= 4 is 21.7 Å². The molecule has 1 rings (SSSR count). The molecule has 1 aromatic carbocycles. The Balaban J connectivity index is 2.98. The number of hydrogen-bond donors (Lipinski definition) is 3. The zero-order valence-corrected chi connectivity index (χ0v) is 16.7. The van der Waals surface area contributed by atoms with Gasteiger partial charge in [-0.1, -0.05) is 13.3 Å². The van der Waals surface area contributed by atoms with E-state index in [4.69, 9.17) is 4.74 Å². The van der Waals surface area contributed by atoms with Crippen LogP contribution < -0.4 is 10.0 Å². The van der Waals surface area contributed by atoms with Gasteiger partial charge in [0.05, 0.1) is 17.4 Å². The molecule has 8 heteroatoms. The molecule has 0 spiro atoms. The van der Waals surface area contributed by atoms with Crippen LogP contribution in [-0.4, -0.2) is 44.8 Å². The largest absolute Gasteiger partial charge is 0.478 e. The van der Waals surface area contributed by atoms with Crippen molar-refractivity contribution < 1.29 is 23.1 Å². The molecule has 3 N–H and O–H groups in total. The lowest BCUT2D eigenvalue weighted by Crippen LogP contribution is -2.33. The van der Waals surface area contributed by atoms with E-state index < -0.39 is 16.0 Å². The van der Waals surface area contributed by atoms with Crippen LogP contribution >= 0.6 is 0 Å². The van der Waals surface area contributed by atoms with Crippen LogP contribution in [0.3, 0.4) is 0 Å². The van der Waals surface area contributed by atoms with Gasteiger partial charge >= 0.3 is 5.97 Å². The molecule has 7 nitrogen and oxygen atoms in total. The first kappa shape index (κ1) is 22.4. The van der Waals surface area contributed by atoms with Gasteiger partial charge in [-0.15, -0.1) is 0 Å². The van der Waals surface area contributed by atoms with Gasteiger partial charge in [0, 0.05) is 19.2 Å². The molecule has 0 radical (unpaired) electrons. The van der Waals surface area contributed by atoms with E-state index in [1.807, 2.05) is 20.8 Å². The molecule has 0 bridgehead atoms. The van der Waals surface area contributed by atoms with E-state index in [1.54, 1.807) is 6.92 Å². The number of carboxylic acids is 1. The van der Waals surface area contributed by atoms with E-state index in [2.05, 4.69) is 10.0 Å². The number of anilines is 1. The number of carbonyl (C=O) groups is 1. The normalized spacial score (nSPS) is 13.0. The molecular weight excluding hydrogens is 356 g/mol. The second-order valence-corrected chi connectivity index (χ2v) is 8.21. The molecular formula is C18H30N2O5S. The smallest absolute Gasteiger partial charge is 0.335 e. The molecule has 0 aliphatic rings. The third-order valence-electron chi connectivity index (χ3n) is 3.68. The summed E-state index contributed by atoms with van der Waals surface area (Å²) < 4.78 is 33.5. The van der Waals surface area contributed by atoms with E-state index in [9.17, 15) is 18.3 Å². The lowest BCUT2D eigenvalue weighted by Gasteiger charge is -2.17. The number of hydrogen-bond acceptors (Lipinski definition) is 5. The second kappa shape index (κ2) is 10.5. The number of nitrogens with one attached hydrogen (secondary N) is 2. The lowest BCUT2D eigenvalue weighted by atomic mass is 10.2. The number of benzene rings is 1. The van der Waals surface area contributed by atoms with Crippen molar-refractivity contribution in [1.29, 1.82) is 0 Å². The lowest BCUT2D eigenvalue weighted by molar-refractivity contribution is 0.0696. The zero-order valence-electron chi connectivity index (χ0n) is 15.9. The maximum Gasteiger partial charge on any atom is 0.335 e. The summed E-state index contributed by atoms with van der Waals surface area (Å²) in [7, 11) is -3.83. The first-order valence-electron chi connectivity index (χ1n) is 8.92. The summed E-state index contributed by atoms with van der Waals surface area (Å²) in [5.41, 5.74) is 0.318. The number of ether oxygens (including phenoxy) is 1. The Morgan fingerprint density at radius 1 is 1.27 bits per heavy atom. The number of sulfonamides is 1. The van der Waals surface area contributed by atoms with E-state index in [-0.39, 0.29) is 22.6 Å². The van der Waals surface area contributed by atoms with Gasteiger partial charge in [-0.05, 0) is 51.8 Å². The maximum atomic E-state index is 12.7. The SMILES string of the molecule is CCCC(C)NS(=O)(=O)c1cc(C(=O)O)ccc1NCCCOC(C)C. The van der Waals surface area contributed by atoms with Gasteiger partial charge in [-0.2, -0.15) is 0 Å². The monoisotopic (exact) mass is 386 g/mol. The Bertz CT molecular complexity index is 689. The van der Waals surface area contributed by atoms with Crippen molar-refractivity contribution in [2.45, 2.75) is 64.0 Å². The molecule has 1 aromatic rings. The van der Waals surface area contributed by atoms with Crippen LogP contribution in [-0.2, 0) is 14.8 Å². The van der Waals surface area contributed by atoms with Gasteiger partial charge in [0.15, 0.2) is 0 Å². The Hall–Kier alpha value is -1.64. The number of carboxylic acid groups (broad SMARTS) is 1. The van der Waals surface area contributed by atoms with Gasteiger partial charge in [-0.3, -0.25) is 0 Å². The van der Waals surface area contributed by atoms with Crippen molar-refractivity contribution in [2.75, 3.05) is 18.5 Å². The van der Waals surface area contributed by atoms with Crippen LogP contribution in [0.5, 0.6) is 0 Å². The van der Waals surface area contributed by atoms with Gasteiger partial charge in [-0.25, -0.2) is 17.9 Å². The summed E-state index contributed by atoms with van der Waals surface area (Å²) in [6.07, 6.45) is 2.40. The summed E-state index contributed by atoms with van der Waals surface area (Å²) in [6, 6.07) is 3.84. The fraction of sp³-hybridized carbons (Fsp3) is 0.611. The fourth-order valence-corrected chi connectivity index (χ4v) is 3.94. The Morgan fingerprint density at radius 3 is 2.54 bits per heavy atom. The first-order chi connectivity index (χ1) is 12.2. The van der Waals surface area contributed by atoms with Crippen molar-refractivity contribution in [3.63, 3.8) is 0 Å². The Kier molecular flexibility index (Phi) is 9.04. The highest BCUT2D eigenvalue weighted by Crippen LogP contribution is 2.23. The summed E-state index contributed by atoms with van der Waals surface area (Å²) in [5.74, 6) is -1.17. The predicted octanol–water partition coefficient (Wildman–Crippen LogP) is 3.08. The molecule has 148 valence electrons. The molecule has 0 aliphatic carbocycles.